The van der Waals surface area contributed by atoms with Crippen LogP contribution in [0.3, 0.4) is 0 Å². The average molecular weight is 276 g/mol. The Morgan fingerprint density at radius 3 is 2.80 bits per heavy atom. The summed E-state index contributed by atoms with van der Waals surface area (Å²) < 4.78 is 5.18. The molecule has 2 rings (SSSR count). The van der Waals surface area contributed by atoms with Crippen LogP contribution in [0.1, 0.15) is 22.3 Å². The Morgan fingerprint density at radius 1 is 1.25 bits per heavy atom. The summed E-state index contributed by atoms with van der Waals surface area (Å²) in [6.45, 7) is 4.68. The third-order valence-corrected chi connectivity index (χ3v) is 3.42. The van der Waals surface area contributed by atoms with E-state index in [9.17, 15) is 9.59 Å². The predicted molar refractivity (Wildman–Crippen MR) is 76.1 cm³/mol. The molecule has 5 heteroatoms. The second kappa shape index (κ2) is 6.52. The molecule has 0 atom stereocenters. The third-order valence-electron chi connectivity index (χ3n) is 3.42. The number of ketones is 1. The lowest BCUT2D eigenvalue weighted by Crippen LogP contribution is -2.39. The van der Waals surface area contributed by atoms with E-state index in [0.29, 0.717) is 24.4 Å². The molecule has 20 heavy (non-hydrogen) atoms. The minimum absolute atomic E-state index is 0.342. The number of amides is 1. The molecular weight excluding hydrogens is 256 g/mol. The van der Waals surface area contributed by atoms with Gasteiger partial charge in [0.05, 0.1) is 12.7 Å². The highest BCUT2D eigenvalue weighted by Crippen LogP contribution is 2.21. The summed E-state index contributed by atoms with van der Waals surface area (Å²) >= 11 is 0. The highest BCUT2D eigenvalue weighted by atomic mass is 16.5. The van der Waals surface area contributed by atoms with Gasteiger partial charge in [0, 0.05) is 19.6 Å². The van der Waals surface area contributed by atoms with Crippen molar-refractivity contribution in [3.8, 4) is 5.75 Å². The van der Waals surface area contributed by atoms with Gasteiger partial charge in [-0.15, -0.1) is 0 Å². The molecule has 0 saturated carbocycles. The average Bonchev–Trinajstić information content (AvgIpc) is 2.74. The Labute approximate surface area is 118 Å². The number of rotatable bonds is 3. The second-order valence-corrected chi connectivity index (χ2v) is 4.93. The molecule has 1 aromatic carbocycles. The molecule has 5 nitrogen and oxygen atoms in total. The number of nitrogens with one attached hydrogen (secondary N) is 1. The van der Waals surface area contributed by atoms with Gasteiger partial charge in [-0.1, -0.05) is 11.6 Å². The molecule has 1 N–H and O–H groups in total. The van der Waals surface area contributed by atoms with Crippen molar-refractivity contribution in [2.75, 3.05) is 33.3 Å². The first-order valence-electron chi connectivity index (χ1n) is 6.82. The van der Waals surface area contributed by atoms with Gasteiger partial charge in [-0.3, -0.25) is 9.59 Å². The first-order valence-corrected chi connectivity index (χ1v) is 6.82. The summed E-state index contributed by atoms with van der Waals surface area (Å²) in [6.07, 6.45) is 0.865. The van der Waals surface area contributed by atoms with E-state index in [1.54, 1.807) is 17.0 Å². The standard InChI is InChI=1S/C15H20N2O3/c1-11-4-5-13(20-2)12(10-11)14(18)15(19)17-8-3-6-16-7-9-17/h4-5,10,16H,3,6-9H2,1-2H3. The largest absolute Gasteiger partial charge is 0.496 e. The molecule has 0 unspecified atom stereocenters. The maximum Gasteiger partial charge on any atom is 0.295 e. The molecule has 1 fully saturated rings. The summed E-state index contributed by atoms with van der Waals surface area (Å²) in [5.41, 5.74) is 1.27. The van der Waals surface area contributed by atoms with E-state index in [-0.39, 0.29) is 0 Å². The lowest BCUT2D eigenvalue weighted by Gasteiger charge is -2.19. The second-order valence-electron chi connectivity index (χ2n) is 4.93. The van der Waals surface area contributed by atoms with Crippen molar-refractivity contribution < 1.29 is 14.3 Å². The van der Waals surface area contributed by atoms with Crippen molar-refractivity contribution in [1.82, 2.24) is 10.2 Å². The monoisotopic (exact) mass is 276 g/mol. The van der Waals surface area contributed by atoms with Crippen molar-refractivity contribution in [3.63, 3.8) is 0 Å². The predicted octanol–water partition coefficient (Wildman–Crippen LogP) is 1.01. The lowest BCUT2D eigenvalue weighted by atomic mass is 10.1. The molecule has 1 aliphatic heterocycles. The number of carbonyl (C=O) groups is 2. The molecule has 1 aliphatic rings. The van der Waals surface area contributed by atoms with Crippen LogP contribution in [0.2, 0.25) is 0 Å². The summed E-state index contributed by atoms with van der Waals surface area (Å²) in [6, 6.07) is 5.28. The molecule has 1 heterocycles. The normalized spacial score (nSPS) is 15.6. The Bertz CT molecular complexity index is 506. The smallest absolute Gasteiger partial charge is 0.295 e. The number of methoxy groups -OCH3 is 1. The zero-order valence-electron chi connectivity index (χ0n) is 11.9. The molecule has 108 valence electrons. The molecule has 0 spiro atoms. The zero-order chi connectivity index (χ0) is 14.5. The Morgan fingerprint density at radius 2 is 2.05 bits per heavy atom. The topological polar surface area (TPSA) is 58.6 Å². The molecule has 0 radical (unpaired) electrons. The first-order chi connectivity index (χ1) is 9.63. The van der Waals surface area contributed by atoms with Gasteiger partial charge >= 0.3 is 0 Å². The minimum atomic E-state index is -0.493. The van der Waals surface area contributed by atoms with Crippen LogP contribution in [-0.4, -0.2) is 49.9 Å². The zero-order valence-corrected chi connectivity index (χ0v) is 11.9. The SMILES string of the molecule is COc1ccc(C)cc1C(=O)C(=O)N1CCCNCC1. The van der Waals surface area contributed by atoms with E-state index in [1.807, 2.05) is 13.0 Å². The van der Waals surface area contributed by atoms with Crippen LogP contribution < -0.4 is 10.1 Å². The van der Waals surface area contributed by atoms with Crippen molar-refractivity contribution in [2.24, 2.45) is 0 Å². The maximum absolute atomic E-state index is 12.4. The van der Waals surface area contributed by atoms with Gasteiger partial charge in [-0.2, -0.15) is 0 Å². The van der Waals surface area contributed by atoms with Gasteiger partial charge in [0.15, 0.2) is 0 Å². The van der Waals surface area contributed by atoms with E-state index >= 15 is 0 Å². The molecule has 1 aromatic rings. The third kappa shape index (κ3) is 3.17. The fraction of sp³-hybridized carbons (Fsp3) is 0.467. The highest BCUT2D eigenvalue weighted by Gasteiger charge is 2.26. The molecular formula is C15H20N2O3. The van der Waals surface area contributed by atoms with E-state index in [0.717, 1.165) is 25.1 Å². The van der Waals surface area contributed by atoms with Crippen LogP contribution in [0.5, 0.6) is 5.75 Å². The molecule has 0 aromatic heterocycles. The molecule has 0 bridgehead atoms. The Hall–Kier alpha value is -1.88. The van der Waals surface area contributed by atoms with Gasteiger partial charge in [0.2, 0.25) is 0 Å². The van der Waals surface area contributed by atoms with Gasteiger partial charge < -0.3 is 15.0 Å². The van der Waals surface area contributed by atoms with Gasteiger partial charge in [-0.25, -0.2) is 0 Å². The van der Waals surface area contributed by atoms with Crippen molar-refractivity contribution in [3.05, 3.63) is 29.3 Å². The van der Waals surface area contributed by atoms with Crippen LogP contribution in [0.25, 0.3) is 0 Å². The van der Waals surface area contributed by atoms with Gasteiger partial charge in [0.1, 0.15) is 5.75 Å². The Balaban J connectivity index is 2.21. The quantitative estimate of drug-likeness (QED) is 0.661. The number of Topliss-reactive ketones (excluding diaryl/α,β-unsaturated/α-hetero) is 1. The molecule has 1 saturated heterocycles. The summed E-state index contributed by atoms with van der Waals surface area (Å²) in [7, 11) is 1.50. The number of hydrogen-bond donors (Lipinski definition) is 1. The number of nitrogens with zero attached hydrogens (tertiary/aromatic N) is 1. The van der Waals surface area contributed by atoms with Crippen LogP contribution in [0.4, 0.5) is 0 Å². The van der Waals surface area contributed by atoms with E-state index in [2.05, 4.69) is 5.32 Å². The first kappa shape index (κ1) is 14.5. The fourth-order valence-corrected chi connectivity index (χ4v) is 2.31. The highest BCUT2D eigenvalue weighted by molar-refractivity contribution is 6.43. The van der Waals surface area contributed by atoms with Crippen molar-refractivity contribution >= 4 is 11.7 Å². The number of hydrogen-bond acceptors (Lipinski definition) is 4. The van der Waals surface area contributed by atoms with Gasteiger partial charge in [0.25, 0.3) is 11.7 Å². The lowest BCUT2D eigenvalue weighted by molar-refractivity contribution is -0.126. The fourth-order valence-electron chi connectivity index (χ4n) is 2.31. The Kier molecular flexibility index (Phi) is 4.74. The van der Waals surface area contributed by atoms with Crippen molar-refractivity contribution in [1.29, 1.82) is 0 Å². The number of aryl methyl sites for hydroxylation is 1. The van der Waals surface area contributed by atoms with Crippen LogP contribution >= 0.6 is 0 Å². The molecule has 1 amide bonds. The summed E-state index contributed by atoms with van der Waals surface area (Å²) in [4.78, 5) is 26.3. The molecule has 0 aliphatic carbocycles. The number of carbonyl (C=O) groups excluding carboxylic acids is 2. The van der Waals surface area contributed by atoms with E-state index in [4.69, 9.17) is 4.74 Å². The van der Waals surface area contributed by atoms with Crippen LogP contribution in [0.15, 0.2) is 18.2 Å². The number of ether oxygens (including phenoxy) is 1. The number of benzene rings is 1. The van der Waals surface area contributed by atoms with Crippen molar-refractivity contribution in [2.45, 2.75) is 13.3 Å². The van der Waals surface area contributed by atoms with E-state index in [1.165, 1.54) is 7.11 Å². The maximum atomic E-state index is 12.4. The summed E-state index contributed by atoms with van der Waals surface area (Å²) in [5.74, 6) is -0.494. The summed E-state index contributed by atoms with van der Waals surface area (Å²) in [5, 5.41) is 3.21. The van der Waals surface area contributed by atoms with Crippen LogP contribution in [0, 0.1) is 6.92 Å². The minimum Gasteiger partial charge on any atom is -0.496 e. The van der Waals surface area contributed by atoms with Crippen LogP contribution in [-0.2, 0) is 4.79 Å². The van der Waals surface area contributed by atoms with Gasteiger partial charge in [-0.05, 0) is 32.0 Å². The van der Waals surface area contributed by atoms with E-state index < -0.39 is 11.7 Å².